The van der Waals surface area contributed by atoms with Gasteiger partial charge < -0.3 is 9.74 Å². The fourth-order valence-corrected chi connectivity index (χ4v) is 6.81. The van der Waals surface area contributed by atoms with Gasteiger partial charge in [-0.3, -0.25) is 14.4 Å². The Labute approximate surface area is 251 Å². The van der Waals surface area contributed by atoms with Crippen LogP contribution >= 0.6 is 0 Å². The minimum absolute atomic E-state index is 0.0553. The number of rotatable bonds is 7. The Kier molecular flexibility index (Phi) is 9.09. The van der Waals surface area contributed by atoms with Crippen LogP contribution in [-0.4, -0.2) is 62.6 Å². The van der Waals surface area contributed by atoms with Gasteiger partial charge in [-0.15, -0.1) is 4.98 Å². The van der Waals surface area contributed by atoms with Crippen LogP contribution in [0.4, 0.5) is 24.8 Å². The number of piperidine rings is 1. The quantitative estimate of drug-likeness (QED) is 0.298. The summed E-state index contributed by atoms with van der Waals surface area (Å²) in [7, 11) is 1.65. The first-order valence-corrected chi connectivity index (χ1v) is 15.3. The molecule has 2 fully saturated rings. The molecule has 3 aromatic rings. The monoisotopic (exact) mass is 595 g/mol. The first-order valence-electron chi connectivity index (χ1n) is 15.3. The standard InChI is InChI=1S/C32H40F3N7O/c1-6-24-20-41(30-29-27(39(5)31(43)38-30)13-14-28(36-4)37-29)21(3)18-42(24)26(7-2)22-11-12-25(32(33,34)35)23(17-22)19-40-15-9-8-10-16-40/h11-14,17,21,24,26H,6-10,15-16,18-20H2,1-3,5H3/t21-,24+,26?/m0/s1. The van der Waals surface area contributed by atoms with E-state index >= 15 is 0 Å². The fourth-order valence-electron chi connectivity index (χ4n) is 6.81. The number of hydrogen-bond donors (Lipinski definition) is 0. The zero-order valence-corrected chi connectivity index (χ0v) is 25.4. The van der Waals surface area contributed by atoms with Crippen molar-refractivity contribution in [2.45, 2.75) is 83.7 Å². The number of nitrogens with zero attached hydrogens (tertiary/aromatic N) is 7. The lowest BCUT2D eigenvalue weighted by Gasteiger charge is -2.48. The van der Waals surface area contributed by atoms with E-state index in [1.54, 1.807) is 31.3 Å². The zero-order chi connectivity index (χ0) is 30.9. The maximum atomic E-state index is 14.1. The number of halogens is 3. The van der Waals surface area contributed by atoms with Crippen molar-refractivity contribution in [2.75, 3.05) is 31.1 Å². The van der Waals surface area contributed by atoms with Crippen molar-refractivity contribution in [3.8, 4) is 0 Å². The number of anilines is 1. The van der Waals surface area contributed by atoms with Gasteiger partial charge in [0.1, 0.15) is 0 Å². The molecular formula is C32H40F3N7O. The predicted octanol–water partition coefficient (Wildman–Crippen LogP) is 6.32. The first kappa shape index (κ1) is 31.0. The highest BCUT2D eigenvalue weighted by atomic mass is 19.4. The Hall–Kier alpha value is -3.49. The second-order valence-electron chi connectivity index (χ2n) is 11.9. The van der Waals surface area contributed by atoms with Gasteiger partial charge in [0, 0.05) is 44.8 Å². The van der Waals surface area contributed by atoms with E-state index in [9.17, 15) is 18.0 Å². The van der Waals surface area contributed by atoms with Gasteiger partial charge in [0.25, 0.3) is 5.82 Å². The molecule has 3 atom stereocenters. The van der Waals surface area contributed by atoms with E-state index in [1.165, 1.54) is 10.6 Å². The molecule has 2 aliphatic heterocycles. The molecular weight excluding hydrogens is 555 g/mol. The lowest BCUT2D eigenvalue weighted by molar-refractivity contribution is -0.138. The van der Waals surface area contributed by atoms with Crippen molar-refractivity contribution in [3.05, 3.63) is 68.9 Å². The van der Waals surface area contributed by atoms with E-state index in [2.05, 4.69) is 50.3 Å². The zero-order valence-electron chi connectivity index (χ0n) is 25.4. The summed E-state index contributed by atoms with van der Waals surface area (Å²) < 4.78 is 43.7. The summed E-state index contributed by atoms with van der Waals surface area (Å²) in [4.78, 5) is 31.9. The second-order valence-corrected chi connectivity index (χ2v) is 11.9. The summed E-state index contributed by atoms with van der Waals surface area (Å²) >= 11 is 0. The molecule has 1 aromatic carbocycles. The molecule has 0 bridgehead atoms. The van der Waals surface area contributed by atoms with Crippen molar-refractivity contribution >= 4 is 22.7 Å². The Morgan fingerprint density at radius 3 is 2.47 bits per heavy atom. The van der Waals surface area contributed by atoms with Gasteiger partial charge >= 0.3 is 11.9 Å². The minimum Gasteiger partial charge on any atom is -0.361 e. The molecule has 5 rings (SSSR count). The highest BCUT2D eigenvalue weighted by Gasteiger charge is 2.38. The third-order valence-corrected chi connectivity index (χ3v) is 9.11. The number of aromatic nitrogens is 3. The molecule has 2 aliphatic rings. The molecule has 8 nitrogen and oxygen atoms in total. The van der Waals surface area contributed by atoms with E-state index in [0.717, 1.165) is 50.8 Å². The molecule has 0 N–H and O–H groups in total. The van der Waals surface area contributed by atoms with E-state index in [-0.39, 0.29) is 29.6 Å². The number of likely N-dealkylation sites (tertiary alicyclic amines) is 1. The van der Waals surface area contributed by atoms with Crippen LogP contribution in [-0.2, 0) is 19.8 Å². The second kappa shape index (κ2) is 12.6. The van der Waals surface area contributed by atoms with Gasteiger partial charge in [-0.25, -0.2) is 4.79 Å². The molecule has 0 amide bonds. The molecule has 0 spiro atoms. The minimum atomic E-state index is -4.40. The number of hydrogen-bond acceptors (Lipinski definition) is 6. The molecule has 0 radical (unpaired) electrons. The molecule has 230 valence electrons. The normalized spacial score (nSPS) is 21.2. The van der Waals surface area contributed by atoms with Crippen LogP contribution in [0.3, 0.4) is 0 Å². The Morgan fingerprint density at radius 2 is 1.81 bits per heavy atom. The number of fused-ring (bicyclic) bond motifs is 1. The Balaban J connectivity index is 1.48. The van der Waals surface area contributed by atoms with Crippen LogP contribution < -0.4 is 10.6 Å². The molecule has 1 unspecified atom stereocenters. The van der Waals surface area contributed by atoms with E-state index in [1.807, 2.05) is 0 Å². The van der Waals surface area contributed by atoms with Crippen LogP contribution in [0.25, 0.3) is 15.9 Å². The van der Waals surface area contributed by atoms with E-state index in [4.69, 9.17) is 6.57 Å². The van der Waals surface area contributed by atoms with Crippen LogP contribution in [0.5, 0.6) is 0 Å². The summed E-state index contributed by atoms with van der Waals surface area (Å²) in [5.74, 6) is 0.710. The summed E-state index contributed by atoms with van der Waals surface area (Å²) in [5.41, 5.74) is 1.45. The number of pyridine rings is 1. The highest BCUT2D eigenvalue weighted by molar-refractivity contribution is 5.87. The van der Waals surface area contributed by atoms with Crippen LogP contribution in [0.2, 0.25) is 0 Å². The fraction of sp³-hybridized carbons (Fsp3) is 0.562. The van der Waals surface area contributed by atoms with Gasteiger partial charge in [-0.1, -0.05) is 39.0 Å². The lowest BCUT2D eigenvalue weighted by Crippen LogP contribution is -2.58. The Morgan fingerprint density at radius 1 is 1.07 bits per heavy atom. The van der Waals surface area contributed by atoms with Crippen molar-refractivity contribution in [1.29, 1.82) is 0 Å². The smallest absolute Gasteiger partial charge is 0.361 e. The van der Waals surface area contributed by atoms with Crippen molar-refractivity contribution in [3.63, 3.8) is 0 Å². The van der Waals surface area contributed by atoms with Crippen molar-refractivity contribution in [2.24, 2.45) is 7.05 Å². The average Bonchev–Trinajstić information content (AvgIpc) is 2.99. The van der Waals surface area contributed by atoms with E-state index in [0.29, 0.717) is 42.0 Å². The topological polar surface area (TPSA) is 61.9 Å². The molecule has 2 aromatic heterocycles. The maximum absolute atomic E-state index is 14.1. The van der Waals surface area contributed by atoms with Gasteiger partial charge in [0.2, 0.25) is 5.52 Å². The van der Waals surface area contributed by atoms with Crippen LogP contribution in [0.1, 0.15) is 75.6 Å². The van der Waals surface area contributed by atoms with Crippen LogP contribution in [0, 0.1) is 6.57 Å². The number of piperazine rings is 1. The first-order chi connectivity index (χ1) is 20.5. The van der Waals surface area contributed by atoms with Gasteiger partial charge in [-0.05, 0) is 75.0 Å². The van der Waals surface area contributed by atoms with Gasteiger partial charge in [0.15, 0.2) is 5.82 Å². The summed E-state index contributed by atoms with van der Waals surface area (Å²) in [6.07, 6.45) is 0.325. The molecule has 2 saturated heterocycles. The molecule has 11 heteroatoms. The van der Waals surface area contributed by atoms with Gasteiger partial charge in [0.05, 0.1) is 11.1 Å². The summed E-state index contributed by atoms with van der Waals surface area (Å²) in [6.45, 7) is 16.9. The molecule has 0 saturated carbocycles. The SMILES string of the molecule is [C-]#[N+]c1ccc2c(n1)c(N1C[C@@H](CC)N(C(CC)c3ccc(C(F)(F)F)c(CN4CCCCC4)c3)C[C@@H]1C)nc(=O)n2C. The molecule has 4 heterocycles. The average molecular weight is 596 g/mol. The van der Waals surface area contributed by atoms with Crippen LogP contribution in [0.15, 0.2) is 35.1 Å². The van der Waals surface area contributed by atoms with E-state index < -0.39 is 11.7 Å². The van der Waals surface area contributed by atoms with Gasteiger partial charge in [-0.2, -0.15) is 18.2 Å². The largest absolute Gasteiger partial charge is 0.416 e. The summed E-state index contributed by atoms with van der Waals surface area (Å²) in [5, 5.41) is 0. The highest BCUT2D eigenvalue weighted by Crippen LogP contribution is 2.38. The summed E-state index contributed by atoms with van der Waals surface area (Å²) in [6, 6.07) is 8.02. The third-order valence-electron chi connectivity index (χ3n) is 9.11. The maximum Gasteiger partial charge on any atom is 0.416 e. The van der Waals surface area contributed by atoms with Crippen molar-refractivity contribution < 1.29 is 13.2 Å². The van der Waals surface area contributed by atoms with Crippen molar-refractivity contribution in [1.82, 2.24) is 24.3 Å². The lowest BCUT2D eigenvalue weighted by atomic mass is 9.93. The molecule has 0 aliphatic carbocycles. The Bertz CT molecular complexity index is 1560. The number of aryl methyl sites for hydroxylation is 1. The number of benzene rings is 1. The third kappa shape index (κ3) is 6.27. The molecule has 43 heavy (non-hydrogen) atoms. The predicted molar refractivity (Wildman–Crippen MR) is 162 cm³/mol. The number of alkyl halides is 3.